The van der Waals surface area contributed by atoms with Crippen LogP contribution in [0.15, 0.2) is 12.1 Å². The van der Waals surface area contributed by atoms with Crippen LogP contribution in [-0.4, -0.2) is 11.8 Å². The van der Waals surface area contributed by atoms with Crippen LogP contribution >= 0.6 is 0 Å². The first-order valence-corrected chi connectivity index (χ1v) is 5.98. The zero-order valence-electron chi connectivity index (χ0n) is 10.9. The summed E-state index contributed by atoms with van der Waals surface area (Å²) in [6.45, 7) is 5.99. The summed E-state index contributed by atoms with van der Waals surface area (Å²) in [5.74, 6) is -1.38. The van der Waals surface area contributed by atoms with Gasteiger partial charge in [0.15, 0.2) is 0 Å². The molecule has 4 heteroatoms. The first-order valence-electron chi connectivity index (χ1n) is 5.98. The Morgan fingerprint density at radius 1 is 1.11 bits per heavy atom. The molecule has 18 heavy (non-hydrogen) atoms. The lowest BCUT2D eigenvalue weighted by Crippen LogP contribution is -2.38. The molecule has 0 aromatic heterocycles. The first-order chi connectivity index (χ1) is 8.30. The Balaban J connectivity index is 2.48. The van der Waals surface area contributed by atoms with E-state index in [1.165, 1.54) is 0 Å². The Kier molecular flexibility index (Phi) is 2.69. The Morgan fingerprint density at radius 2 is 1.56 bits per heavy atom. The van der Waals surface area contributed by atoms with Crippen LogP contribution in [0.25, 0.3) is 0 Å². The van der Waals surface area contributed by atoms with Gasteiger partial charge in [0, 0.05) is 5.92 Å². The molecule has 1 aromatic rings. The highest BCUT2D eigenvalue weighted by molar-refractivity contribution is 6.08. The molecule has 1 atom stereocenters. The van der Waals surface area contributed by atoms with Crippen molar-refractivity contribution in [3.63, 3.8) is 0 Å². The molecule has 1 saturated carbocycles. The van der Waals surface area contributed by atoms with Crippen LogP contribution in [0.1, 0.15) is 34.6 Å². The molecule has 4 N–H and O–H groups in total. The van der Waals surface area contributed by atoms with E-state index in [1.807, 2.05) is 32.9 Å². The van der Waals surface area contributed by atoms with Crippen molar-refractivity contribution in [3.05, 3.63) is 34.4 Å². The van der Waals surface area contributed by atoms with Crippen LogP contribution < -0.4 is 11.5 Å². The Hall–Kier alpha value is -1.84. The fourth-order valence-corrected chi connectivity index (χ4v) is 3.02. The minimum absolute atomic E-state index is 0.159. The van der Waals surface area contributed by atoms with Crippen LogP contribution in [0.5, 0.6) is 0 Å². The van der Waals surface area contributed by atoms with E-state index in [2.05, 4.69) is 0 Å². The van der Waals surface area contributed by atoms with Gasteiger partial charge < -0.3 is 11.5 Å². The van der Waals surface area contributed by atoms with Gasteiger partial charge >= 0.3 is 0 Å². The van der Waals surface area contributed by atoms with Crippen molar-refractivity contribution in [2.24, 2.45) is 16.9 Å². The maximum atomic E-state index is 11.5. The summed E-state index contributed by atoms with van der Waals surface area (Å²) in [6, 6.07) is 4.10. The van der Waals surface area contributed by atoms with Gasteiger partial charge in [-0.1, -0.05) is 17.7 Å². The van der Waals surface area contributed by atoms with Gasteiger partial charge in [-0.25, -0.2) is 0 Å². The smallest absolute Gasteiger partial charge is 0.233 e. The van der Waals surface area contributed by atoms with Crippen LogP contribution in [-0.2, 0) is 9.59 Å². The topological polar surface area (TPSA) is 86.2 Å². The number of rotatable bonds is 3. The summed E-state index contributed by atoms with van der Waals surface area (Å²) in [6.07, 6.45) is 0.433. The lowest BCUT2D eigenvalue weighted by molar-refractivity contribution is -0.133. The van der Waals surface area contributed by atoms with Crippen molar-refractivity contribution in [1.29, 1.82) is 0 Å². The summed E-state index contributed by atoms with van der Waals surface area (Å²) in [7, 11) is 0. The number of primary amides is 2. The van der Waals surface area contributed by atoms with E-state index >= 15 is 0 Å². The predicted octanol–water partition coefficient (Wildman–Crippen LogP) is 1.06. The third kappa shape index (κ3) is 1.60. The molecule has 0 heterocycles. The highest BCUT2D eigenvalue weighted by atomic mass is 16.2. The van der Waals surface area contributed by atoms with E-state index in [0.29, 0.717) is 6.42 Å². The second-order valence-corrected chi connectivity index (χ2v) is 5.27. The zero-order chi connectivity index (χ0) is 13.7. The third-order valence-corrected chi connectivity index (χ3v) is 3.93. The van der Waals surface area contributed by atoms with Crippen LogP contribution in [0.4, 0.5) is 0 Å². The molecule has 0 radical (unpaired) electrons. The molecule has 1 aliphatic carbocycles. The van der Waals surface area contributed by atoms with Crippen molar-refractivity contribution >= 4 is 11.8 Å². The molecule has 96 valence electrons. The normalized spacial score (nSPS) is 20.5. The molecule has 1 unspecified atom stereocenters. The summed E-state index contributed by atoms with van der Waals surface area (Å²) >= 11 is 0. The van der Waals surface area contributed by atoms with Gasteiger partial charge in [0.1, 0.15) is 5.41 Å². The number of carbonyl (C=O) groups is 2. The molecule has 1 aromatic carbocycles. The van der Waals surface area contributed by atoms with E-state index in [4.69, 9.17) is 11.5 Å². The highest BCUT2D eigenvalue weighted by Gasteiger charge is 2.64. The van der Waals surface area contributed by atoms with E-state index < -0.39 is 17.2 Å². The number of hydrogen-bond acceptors (Lipinski definition) is 2. The SMILES string of the molecule is Cc1cc(C)c(C2CC2(C(N)=O)C(N)=O)c(C)c1. The van der Waals surface area contributed by atoms with E-state index in [-0.39, 0.29) is 5.92 Å². The van der Waals surface area contributed by atoms with Gasteiger partial charge in [-0.2, -0.15) is 0 Å². The number of benzene rings is 1. The van der Waals surface area contributed by atoms with Crippen LogP contribution in [0, 0.1) is 26.2 Å². The minimum atomic E-state index is -1.18. The van der Waals surface area contributed by atoms with Crippen molar-refractivity contribution in [2.75, 3.05) is 0 Å². The fraction of sp³-hybridized carbons (Fsp3) is 0.429. The summed E-state index contributed by atoms with van der Waals surface area (Å²) in [5, 5.41) is 0. The quantitative estimate of drug-likeness (QED) is 0.781. The second kappa shape index (κ2) is 3.83. The third-order valence-electron chi connectivity index (χ3n) is 3.93. The van der Waals surface area contributed by atoms with Crippen LogP contribution in [0.3, 0.4) is 0 Å². The molecule has 4 nitrogen and oxygen atoms in total. The van der Waals surface area contributed by atoms with Crippen LogP contribution in [0.2, 0.25) is 0 Å². The minimum Gasteiger partial charge on any atom is -0.369 e. The molecule has 0 aliphatic heterocycles. The first kappa shape index (κ1) is 12.6. The number of carbonyl (C=O) groups excluding carboxylic acids is 2. The Bertz CT molecular complexity index is 512. The molecule has 0 spiro atoms. The predicted molar refractivity (Wildman–Crippen MR) is 68.8 cm³/mol. The molecule has 0 saturated heterocycles. The van der Waals surface area contributed by atoms with Gasteiger partial charge in [-0.05, 0) is 43.9 Å². The van der Waals surface area contributed by atoms with Gasteiger partial charge in [0.25, 0.3) is 0 Å². The molecule has 1 fully saturated rings. The Morgan fingerprint density at radius 3 is 1.89 bits per heavy atom. The Labute approximate surface area is 106 Å². The standard InChI is InChI=1S/C14H18N2O2/c1-7-4-8(2)11(9(3)5-7)10-6-14(10,12(15)17)13(16)18/h4-5,10H,6H2,1-3H3,(H2,15,17)(H2,16,18). The molecular weight excluding hydrogens is 228 g/mol. The number of nitrogens with two attached hydrogens (primary N) is 2. The monoisotopic (exact) mass is 246 g/mol. The van der Waals surface area contributed by atoms with Gasteiger partial charge in [0.2, 0.25) is 11.8 Å². The van der Waals surface area contributed by atoms with Crippen molar-refractivity contribution in [2.45, 2.75) is 33.1 Å². The molecule has 1 aliphatic rings. The van der Waals surface area contributed by atoms with E-state index in [9.17, 15) is 9.59 Å². The average Bonchev–Trinajstić information content (AvgIpc) is 2.92. The number of hydrogen-bond donors (Lipinski definition) is 2. The fourth-order valence-electron chi connectivity index (χ4n) is 3.02. The van der Waals surface area contributed by atoms with Crippen molar-refractivity contribution < 1.29 is 9.59 Å². The summed E-state index contributed by atoms with van der Waals surface area (Å²) in [5.41, 5.74) is 13.9. The zero-order valence-corrected chi connectivity index (χ0v) is 10.9. The van der Waals surface area contributed by atoms with Gasteiger partial charge in [-0.3, -0.25) is 9.59 Å². The second-order valence-electron chi connectivity index (χ2n) is 5.27. The van der Waals surface area contributed by atoms with E-state index in [1.54, 1.807) is 0 Å². The van der Waals surface area contributed by atoms with Gasteiger partial charge in [-0.15, -0.1) is 0 Å². The maximum absolute atomic E-state index is 11.5. The number of aryl methyl sites for hydroxylation is 3. The lowest BCUT2D eigenvalue weighted by atomic mass is 9.90. The van der Waals surface area contributed by atoms with Crippen molar-refractivity contribution in [3.8, 4) is 0 Å². The van der Waals surface area contributed by atoms with Gasteiger partial charge in [0.05, 0.1) is 0 Å². The summed E-state index contributed by atoms with van der Waals surface area (Å²) in [4.78, 5) is 23.0. The maximum Gasteiger partial charge on any atom is 0.233 e. The highest BCUT2D eigenvalue weighted by Crippen LogP contribution is 2.60. The lowest BCUT2D eigenvalue weighted by Gasteiger charge is -2.14. The largest absolute Gasteiger partial charge is 0.369 e. The molecular formula is C14H18N2O2. The summed E-state index contributed by atoms with van der Waals surface area (Å²) < 4.78 is 0. The molecule has 0 bridgehead atoms. The molecule has 2 rings (SSSR count). The van der Waals surface area contributed by atoms with Crippen molar-refractivity contribution in [1.82, 2.24) is 0 Å². The average molecular weight is 246 g/mol. The van der Waals surface area contributed by atoms with E-state index in [0.717, 1.165) is 22.3 Å². The number of amides is 2. The molecule has 2 amide bonds.